The van der Waals surface area contributed by atoms with Gasteiger partial charge in [-0.15, -0.1) is 11.6 Å². The van der Waals surface area contributed by atoms with E-state index in [0.717, 1.165) is 22.6 Å². The molecule has 0 bridgehead atoms. The molecule has 2 atom stereocenters. The van der Waals surface area contributed by atoms with Gasteiger partial charge in [-0.1, -0.05) is 48.5 Å². The van der Waals surface area contributed by atoms with Crippen molar-refractivity contribution >= 4 is 34.6 Å². The van der Waals surface area contributed by atoms with E-state index in [2.05, 4.69) is 10.2 Å². The molecule has 128 valence electrons. The van der Waals surface area contributed by atoms with E-state index in [1.165, 1.54) is 0 Å². The van der Waals surface area contributed by atoms with Gasteiger partial charge in [0.25, 0.3) is 0 Å². The molecule has 26 heavy (non-hydrogen) atoms. The molecule has 5 heteroatoms. The first-order valence-corrected chi connectivity index (χ1v) is 8.76. The zero-order valence-electron chi connectivity index (χ0n) is 13.9. The minimum absolute atomic E-state index is 0.0841. The van der Waals surface area contributed by atoms with Gasteiger partial charge < -0.3 is 4.90 Å². The molecular weight excluding hydrogens is 346 g/mol. The van der Waals surface area contributed by atoms with Gasteiger partial charge >= 0.3 is 0 Å². The van der Waals surface area contributed by atoms with Gasteiger partial charge in [0, 0.05) is 5.69 Å². The number of rotatable bonds is 4. The Labute approximate surface area is 156 Å². The zero-order chi connectivity index (χ0) is 17.9. The molecule has 4 nitrogen and oxygen atoms in total. The highest BCUT2D eigenvalue weighted by Gasteiger charge is 2.47. The summed E-state index contributed by atoms with van der Waals surface area (Å²) in [6.45, 7) is 0. The predicted octanol–water partition coefficient (Wildman–Crippen LogP) is 5.80. The minimum Gasteiger partial charge on any atom is -0.302 e. The average Bonchev–Trinajstić information content (AvgIpc) is 2.71. The lowest BCUT2D eigenvalue weighted by atomic mass is 9.92. The first-order chi connectivity index (χ1) is 12.7. The molecule has 0 radical (unpaired) electrons. The van der Waals surface area contributed by atoms with Crippen LogP contribution < -0.4 is 4.90 Å². The minimum atomic E-state index is -0.533. The van der Waals surface area contributed by atoms with Gasteiger partial charge in [-0.05, 0) is 42.0 Å². The van der Waals surface area contributed by atoms with Crippen LogP contribution in [0.4, 0.5) is 17.1 Å². The van der Waals surface area contributed by atoms with Gasteiger partial charge in [-0.25, -0.2) is 0 Å². The Hall–Kier alpha value is -2.98. The fraction of sp³-hybridized carbons (Fsp3) is 0.0952. The number of azo groups is 1. The lowest BCUT2D eigenvalue weighted by molar-refractivity contribution is -0.123. The number of hydrogen-bond acceptors (Lipinski definition) is 3. The Bertz CT molecular complexity index is 926. The number of nitrogens with zero attached hydrogens (tertiary/aromatic N) is 3. The SMILES string of the molecule is O=C1C(Cl)C(c2ccccc2)N1c1ccc(N=Nc2ccccc2)cc1. The van der Waals surface area contributed by atoms with Crippen molar-refractivity contribution in [3.8, 4) is 0 Å². The third kappa shape index (κ3) is 3.11. The average molecular weight is 362 g/mol. The quantitative estimate of drug-likeness (QED) is 0.329. The summed E-state index contributed by atoms with van der Waals surface area (Å²) in [4.78, 5) is 14.0. The summed E-state index contributed by atoms with van der Waals surface area (Å²) >= 11 is 6.27. The highest BCUT2D eigenvalue weighted by atomic mass is 35.5. The third-order valence-corrected chi connectivity index (χ3v) is 4.76. The van der Waals surface area contributed by atoms with Crippen LogP contribution in [0.3, 0.4) is 0 Å². The molecule has 1 amide bonds. The van der Waals surface area contributed by atoms with Crippen LogP contribution in [0.1, 0.15) is 11.6 Å². The van der Waals surface area contributed by atoms with Crippen LogP contribution in [0, 0.1) is 0 Å². The number of β-lactam (4-membered cyclic amide) rings is 1. The summed E-state index contributed by atoms with van der Waals surface area (Å²) < 4.78 is 0. The van der Waals surface area contributed by atoms with Crippen molar-refractivity contribution in [2.45, 2.75) is 11.4 Å². The van der Waals surface area contributed by atoms with Crippen molar-refractivity contribution in [1.29, 1.82) is 0 Å². The zero-order valence-corrected chi connectivity index (χ0v) is 14.6. The topological polar surface area (TPSA) is 45.0 Å². The number of benzene rings is 3. The maximum Gasteiger partial charge on any atom is 0.248 e. The highest BCUT2D eigenvalue weighted by molar-refractivity contribution is 6.37. The Morgan fingerprint density at radius 2 is 1.27 bits per heavy atom. The Morgan fingerprint density at radius 3 is 1.88 bits per heavy atom. The van der Waals surface area contributed by atoms with E-state index in [9.17, 15) is 4.79 Å². The van der Waals surface area contributed by atoms with Crippen molar-refractivity contribution in [1.82, 2.24) is 0 Å². The molecule has 0 aromatic heterocycles. The molecule has 3 aromatic carbocycles. The van der Waals surface area contributed by atoms with Crippen molar-refractivity contribution in [3.63, 3.8) is 0 Å². The third-order valence-electron chi connectivity index (χ3n) is 4.33. The smallest absolute Gasteiger partial charge is 0.248 e. The van der Waals surface area contributed by atoms with Crippen molar-refractivity contribution < 1.29 is 4.79 Å². The molecule has 4 rings (SSSR count). The van der Waals surface area contributed by atoms with E-state index in [1.54, 1.807) is 4.90 Å². The number of amides is 1. The molecule has 1 heterocycles. The molecule has 1 aliphatic heterocycles. The van der Waals surface area contributed by atoms with Gasteiger partial charge in [-0.2, -0.15) is 10.2 Å². The van der Waals surface area contributed by atoms with Gasteiger partial charge in [-0.3, -0.25) is 4.79 Å². The first kappa shape index (κ1) is 16.5. The molecule has 1 fully saturated rings. The summed E-state index contributed by atoms with van der Waals surface area (Å²) in [5.74, 6) is -0.0841. The van der Waals surface area contributed by atoms with Gasteiger partial charge in [0.15, 0.2) is 0 Å². The van der Waals surface area contributed by atoms with E-state index in [4.69, 9.17) is 11.6 Å². The normalized spacial score (nSPS) is 19.6. The van der Waals surface area contributed by atoms with Crippen molar-refractivity contribution in [3.05, 3.63) is 90.5 Å². The molecule has 3 aromatic rings. The predicted molar refractivity (Wildman–Crippen MR) is 103 cm³/mol. The molecule has 2 unspecified atom stereocenters. The van der Waals surface area contributed by atoms with Crippen LogP contribution in [-0.2, 0) is 4.79 Å². The van der Waals surface area contributed by atoms with E-state index >= 15 is 0 Å². The van der Waals surface area contributed by atoms with E-state index in [-0.39, 0.29) is 11.9 Å². The molecule has 0 saturated carbocycles. The van der Waals surface area contributed by atoms with Crippen LogP contribution in [0.15, 0.2) is 95.2 Å². The second kappa shape index (κ2) is 7.10. The summed E-state index contributed by atoms with van der Waals surface area (Å²) in [5.41, 5.74) is 3.35. The lowest BCUT2D eigenvalue weighted by Gasteiger charge is -2.44. The van der Waals surface area contributed by atoms with Crippen molar-refractivity contribution in [2.75, 3.05) is 4.90 Å². The highest BCUT2D eigenvalue weighted by Crippen LogP contribution is 2.42. The van der Waals surface area contributed by atoms with Crippen LogP contribution in [0.2, 0.25) is 0 Å². The monoisotopic (exact) mass is 361 g/mol. The summed E-state index contributed by atoms with van der Waals surface area (Å²) in [7, 11) is 0. The number of anilines is 1. The van der Waals surface area contributed by atoms with E-state index in [1.807, 2.05) is 84.9 Å². The number of hydrogen-bond donors (Lipinski definition) is 0. The maximum absolute atomic E-state index is 12.3. The van der Waals surface area contributed by atoms with Gasteiger partial charge in [0.05, 0.1) is 17.4 Å². The van der Waals surface area contributed by atoms with Gasteiger partial charge in [0.1, 0.15) is 5.38 Å². The van der Waals surface area contributed by atoms with Crippen LogP contribution in [0.5, 0.6) is 0 Å². The van der Waals surface area contributed by atoms with E-state index < -0.39 is 5.38 Å². The van der Waals surface area contributed by atoms with Crippen molar-refractivity contribution in [2.24, 2.45) is 10.2 Å². The fourth-order valence-corrected chi connectivity index (χ4v) is 3.36. The molecule has 1 aliphatic rings. The molecule has 1 saturated heterocycles. The Balaban J connectivity index is 1.54. The molecular formula is C21H16ClN3O. The second-order valence-corrected chi connectivity index (χ2v) is 6.49. The second-order valence-electron chi connectivity index (χ2n) is 6.02. The van der Waals surface area contributed by atoms with Crippen LogP contribution in [-0.4, -0.2) is 11.3 Å². The molecule has 0 spiro atoms. The molecule has 0 aliphatic carbocycles. The summed E-state index contributed by atoms with van der Waals surface area (Å²) in [6.07, 6.45) is 0. The van der Waals surface area contributed by atoms with Crippen LogP contribution in [0.25, 0.3) is 0 Å². The first-order valence-electron chi connectivity index (χ1n) is 8.33. The fourth-order valence-electron chi connectivity index (χ4n) is 3.00. The number of carbonyl (C=O) groups is 1. The summed E-state index contributed by atoms with van der Waals surface area (Å²) in [6, 6.07) is 26.7. The number of carbonyl (C=O) groups excluding carboxylic acids is 1. The maximum atomic E-state index is 12.3. The largest absolute Gasteiger partial charge is 0.302 e. The van der Waals surface area contributed by atoms with Crippen LogP contribution >= 0.6 is 11.6 Å². The van der Waals surface area contributed by atoms with Gasteiger partial charge in [0.2, 0.25) is 5.91 Å². The lowest BCUT2D eigenvalue weighted by Crippen LogP contribution is -2.56. The number of alkyl halides is 1. The molecule has 0 N–H and O–H groups in total. The van der Waals surface area contributed by atoms with E-state index in [0.29, 0.717) is 0 Å². The Morgan fingerprint density at radius 1 is 0.731 bits per heavy atom. The summed E-state index contributed by atoms with van der Waals surface area (Å²) in [5, 5.41) is 7.89. The number of halogens is 1. The Kier molecular flexibility index (Phi) is 4.50. The standard InChI is InChI=1S/C21H16ClN3O/c22-19-20(15-7-3-1-4-8-15)25(21(19)26)18-13-11-17(12-14-18)24-23-16-9-5-2-6-10-16/h1-14,19-20H.